The Kier molecular flexibility index (Phi) is 15.0. The third-order valence-corrected chi connectivity index (χ3v) is 5.72. The Morgan fingerprint density at radius 1 is 0.800 bits per heavy atom. The molecule has 1 aromatic carbocycles. The van der Waals surface area contributed by atoms with E-state index in [9.17, 15) is 0 Å². The van der Waals surface area contributed by atoms with Crippen LogP contribution in [0.25, 0.3) is 0 Å². The van der Waals surface area contributed by atoms with Crippen LogP contribution in [0.4, 0.5) is 0 Å². The molecule has 0 saturated carbocycles. The van der Waals surface area contributed by atoms with E-state index in [4.69, 9.17) is 25.3 Å². The molecule has 0 aliphatic heterocycles. The van der Waals surface area contributed by atoms with Crippen molar-refractivity contribution in [2.75, 3.05) is 32.4 Å². The van der Waals surface area contributed by atoms with E-state index in [2.05, 4.69) is 20.4 Å². The molecule has 10 heteroatoms. The van der Waals surface area contributed by atoms with Gasteiger partial charge in [0.25, 0.3) is 0 Å². The van der Waals surface area contributed by atoms with Crippen molar-refractivity contribution < 1.29 is 17.1 Å². The molecule has 6 nitrogen and oxygen atoms in total. The maximum Gasteiger partial charge on any atom is 2.00 e. The minimum Gasteiger partial charge on any atom is -0.741 e. The molecule has 1 radical (unpaired) electrons. The van der Waals surface area contributed by atoms with E-state index in [1.807, 2.05) is 74.9 Å². The largest absolute Gasteiger partial charge is 2.00 e. The summed E-state index contributed by atoms with van der Waals surface area (Å²) in [6, 6.07) is 8.09. The van der Waals surface area contributed by atoms with E-state index in [-0.39, 0.29) is 17.1 Å². The van der Waals surface area contributed by atoms with E-state index in [0.29, 0.717) is 21.8 Å². The van der Waals surface area contributed by atoms with Crippen LogP contribution in [-0.2, 0) is 42.3 Å². The molecule has 1 rings (SSSR count). The summed E-state index contributed by atoms with van der Waals surface area (Å²) < 4.78 is 0. The van der Waals surface area contributed by atoms with Gasteiger partial charge in [-0.05, 0) is 53.0 Å². The van der Waals surface area contributed by atoms with Crippen LogP contribution in [0.15, 0.2) is 49.6 Å². The third kappa shape index (κ3) is 8.89. The molecule has 0 amide bonds. The zero-order valence-corrected chi connectivity index (χ0v) is 21.7. The predicted molar refractivity (Wildman–Crippen MR) is 133 cm³/mol. The van der Waals surface area contributed by atoms with Crippen molar-refractivity contribution >= 4 is 58.8 Å². The summed E-state index contributed by atoms with van der Waals surface area (Å²) in [6.45, 7) is 13.2. The summed E-state index contributed by atoms with van der Waals surface area (Å²) in [5.74, 6) is 0. The van der Waals surface area contributed by atoms with Crippen molar-refractivity contribution in [2.45, 2.75) is 39.5 Å². The standard InChI is InChI=1S/C20H32N6S3.Cu/c1-7-25(8-2)19(27)23-21-15(5)18(16-11-13-17(29-6)14-12-16)22-24-20(28)26(9-3)10-4;/h11-14H,7-10H2,1-6H3,(H,23,27)(H,24,28);/q;+2/p-2/b21-15+,22-18-;. The van der Waals surface area contributed by atoms with Crippen LogP contribution in [-0.4, -0.2) is 64.0 Å². The SMILES string of the molecule is CCN(CC)/C([S-])=N/N=C(C)/C(=N/N=C(\[S-])N(CC)CC)c1ccc(SC)cc1.[Cu+2]. The Morgan fingerprint density at radius 2 is 1.23 bits per heavy atom. The van der Waals surface area contributed by atoms with Gasteiger partial charge in [-0.15, -0.1) is 16.9 Å². The van der Waals surface area contributed by atoms with Gasteiger partial charge in [0.2, 0.25) is 0 Å². The fraction of sp³-hybridized carbons (Fsp3) is 0.500. The Balaban J connectivity index is 0.00000841. The molecule has 0 unspecified atom stereocenters. The summed E-state index contributed by atoms with van der Waals surface area (Å²) in [7, 11) is 0. The molecule has 0 aromatic heterocycles. The molecule has 0 aliphatic carbocycles. The predicted octanol–water partition coefficient (Wildman–Crippen LogP) is 3.98. The summed E-state index contributed by atoms with van der Waals surface area (Å²) >= 11 is 12.4. The Morgan fingerprint density at radius 3 is 1.63 bits per heavy atom. The first-order valence-corrected chi connectivity index (χ1v) is 11.7. The van der Waals surface area contributed by atoms with Crippen LogP contribution in [0.1, 0.15) is 40.2 Å². The van der Waals surface area contributed by atoms with Gasteiger partial charge in [-0.3, -0.25) is 0 Å². The summed E-state index contributed by atoms with van der Waals surface area (Å²) in [4.78, 5) is 5.11. The molecular weight excluding hydrogens is 484 g/mol. The molecule has 30 heavy (non-hydrogen) atoms. The number of nitrogens with zero attached hydrogens (tertiary/aromatic N) is 6. The van der Waals surface area contributed by atoms with Crippen molar-refractivity contribution in [3.05, 3.63) is 29.8 Å². The van der Waals surface area contributed by atoms with Crippen LogP contribution in [0.3, 0.4) is 0 Å². The summed E-state index contributed by atoms with van der Waals surface area (Å²) in [5, 5.41) is 18.2. The normalized spacial score (nSPS) is 13.1. The number of benzene rings is 1. The number of hydrogen-bond donors (Lipinski definition) is 0. The van der Waals surface area contributed by atoms with Crippen molar-refractivity contribution in [1.29, 1.82) is 0 Å². The molecule has 1 aromatic rings. The Labute approximate surface area is 207 Å². The van der Waals surface area contributed by atoms with E-state index in [1.54, 1.807) is 11.8 Å². The number of amidine groups is 2. The zero-order valence-electron chi connectivity index (χ0n) is 18.3. The van der Waals surface area contributed by atoms with Gasteiger partial charge in [-0.1, -0.05) is 12.1 Å². The van der Waals surface area contributed by atoms with E-state index in [1.165, 1.54) is 4.90 Å². The smallest absolute Gasteiger partial charge is 0.741 e. The fourth-order valence-electron chi connectivity index (χ4n) is 2.46. The molecule has 0 bridgehead atoms. The number of hydrogen-bond acceptors (Lipinski definition) is 7. The van der Waals surface area contributed by atoms with Gasteiger partial charge in [0.15, 0.2) is 0 Å². The van der Waals surface area contributed by atoms with Gasteiger partial charge in [0.1, 0.15) is 5.71 Å². The van der Waals surface area contributed by atoms with Gasteiger partial charge < -0.3 is 35.1 Å². The van der Waals surface area contributed by atoms with E-state index in [0.717, 1.165) is 31.7 Å². The van der Waals surface area contributed by atoms with Crippen LogP contribution in [0.2, 0.25) is 0 Å². The fourth-order valence-corrected chi connectivity index (χ4v) is 3.47. The first-order chi connectivity index (χ1) is 13.9. The van der Waals surface area contributed by atoms with Gasteiger partial charge in [0, 0.05) is 47.0 Å². The summed E-state index contributed by atoms with van der Waals surface area (Å²) in [6.07, 6.45) is 2.04. The number of rotatable bonds is 9. The molecule has 0 heterocycles. The molecular formula is C20H30CuN6S3. The van der Waals surface area contributed by atoms with Gasteiger partial charge in [0.05, 0.1) is 5.71 Å². The quantitative estimate of drug-likeness (QED) is 0.125. The van der Waals surface area contributed by atoms with Crippen LogP contribution < -0.4 is 0 Å². The van der Waals surface area contributed by atoms with Gasteiger partial charge in [-0.2, -0.15) is 15.3 Å². The topological polar surface area (TPSA) is 55.9 Å². The van der Waals surface area contributed by atoms with Gasteiger partial charge >= 0.3 is 17.1 Å². The first kappa shape index (κ1) is 28.8. The van der Waals surface area contributed by atoms with Crippen molar-refractivity contribution in [3.63, 3.8) is 0 Å². The number of thioether (sulfide) groups is 1. The van der Waals surface area contributed by atoms with Crippen LogP contribution >= 0.6 is 11.8 Å². The van der Waals surface area contributed by atoms with Crippen LogP contribution in [0, 0.1) is 0 Å². The van der Waals surface area contributed by atoms with Gasteiger partial charge in [-0.25, -0.2) is 0 Å². The minimum atomic E-state index is 0. The second kappa shape index (κ2) is 15.6. The Hall–Kier alpha value is -1.19. The average molecular weight is 514 g/mol. The maximum absolute atomic E-state index is 5.40. The third-order valence-electron chi connectivity index (χ3n) is 4.30. The van der Waals surface area contributed by atoms with E-state index < -0.39 is 0 Å². The van der Waals surface area contributed by atoms with Crippen molar-refractivity contribution in [1.82, 2.24) is 9.80 Å². The first-order valence-electron chi connectivity index (χ1n) is 9.68. The van der Waals surface area contributed by atoms with Crippen molar-refractivity contribution in [3.8, 4) is 0 Å². The minimum absolute atomic E-state index is 0. The van der Waals surface area contributed by atoms with Crippen LogP contribution in [0.5, 0.6) is 0 Å². The van der Waals surface area contributed by atoms with Crippen molar-refractivity contribution in [2.24, 2.45) is 20.4 Å². The second-order valence-corrected chi connectivity index (χ2v) is 7.58. The molecule has 0 fully saturated rings. The Bertz CT molecular complexity index is 754. The molecule has 169 valence electrons. The van der Waals surface area contributed by atoms with E-state index >= 15 is 0 Å². The molecule has 0 saturated heterocycles. The second-order valence-electron chi connectivity index (χ2n) is 5.97. The summed E-state index contributed by atoms with van der Waals surface area (Å²) in [5.41, 5.74) is 2.15. The zero-order chi connectivity index (χ0) is 21.8. The molecule has 0 N–H and O–H groups in total. The maximum atomic E-state index is 5.40. The average Bonchev–Trinajstić information content (AvgIpc) is 2.74. The molecule has 0 atom stereocenters. The monoisotopic (exact) mass is 513 g/mol. The molecule has 0 spiro atoms. The molecule has 0 aliphatic rings.